The van der Waals surface area contributed by atoms with Gasteiger partial charge in [0.15, 0.2) is 0 Å². The fraction of sp³-hybridized carbons (Fsp3) is 0.273. The second-order valence-electron chi connectivity index (χ2n) is 2.83. The van der Waals surface area contributed by atoms with E-state index in [2.05, 4.69) is 0 Å². The van der Waals surface area contributed by atoms with Crippen LogP contribution in [0.25, 0.3) is 6.08 Å². The number of aliphatic hydroxyl groups is 1. The van der Waals surface area contributed by atoms with Gasteiger partial charge in [0.05, 0.1) is 13.7 Å². The van der Waals surface area contributed by atoms with Crippen molar-refractivity contribution in [1.29, 1.82) is 0 Å². The number of methoxy groups -OCH3 is 1. The van der Waals surface area contributed by atoms with Crippen LogP contribution in [0.5, 0.6) is 5.75 Å². The van der Waals surface area contributed by atoms with Crippen molar-refractivity contribution in [3.8, 4) is 5.75 Å². The molecule has 0 aliphatic carbocycles. The molecule has 2 heteroatoms. The van der Waals surface area contributed by atoms with E-state index in [4.69, 9.17) is 9.84 Å². The van der Waals surface area contributed by atoms with Gasteiger partial charge < -0.3 is 9.84 Å². The van der Waals surface area contributed by atoms with Gasteiger partial charge in [-0.25, -0.2) is 0 Å². The molecular formula is C11H14O2. The summed E-state index contributed by atoms with van der Waals surface area (Å²) < 4.78 is 5.16. The monoisotopic (exact) mass is 178 g/mol. The quantitative estimate of drug-likeness (QED) is 0.767. The van der Waals surface area contributed by atoms with Crippen LogP contribution in [-0.4, -0.2) is 18.8 Å². The van der Waals surface area contributed by atoms with Gasteiger partial charge >= 0.3 is 0 Å². The molecule has 0 heterocycles. The summed E-state index contributed by atoms with van der Waals surface area (Å²) in [6, 6.07) is 5.94. The van der Waals surface area contributed by atoms with Gasteiger partial charge in [0, 0.05) is 5.56 Å². The van der Waals surface area contributed by atoms with Crippen molar-refractivity contribution in [3.05, 3.63) is 35.4 Å². The van der Waals surface area contributed by atoms with Gasteiger partial charge in [-0.15, -0.1) is 0 Å². The predicted molar refractivity (Wildman–Crippen MR) is 53.9 cm³/mol. The molecule has 1 aromatic rings. The predicted octanol–water partition coefficient (Wildman–Crippen LogP) is 2.01. The van der Waals surface area contributed by atoms with Crippen molar-refractivity contribution < 1.29 is 9.84 Å². The van der Waals surface area contributed by atoms with Crippen LogP contribution in [0, 0.1) is 6.92 Å². The third-order valence-electron chi connectivity index (χ3n) is 1.79. The first-order valence-corrected chi connectivity index (χ1v) is 4.20. The Bertz CT molecular complexity index is 303. The Morgan fingerprint density at radius 1 is 1.46 bits per heavy atom. The van der Waals surface area contributed by atoms with Crippen molar-refractivity contribution in [2.24, 2.45) is 0 Å². The number of aliphatic hydroxyl groups excluding tert-OH is 1. The molecule has 0 fully saturated rings. The maximum absolute atomic E-state index is 8.63. The Morgan fingerprint density at radius 3 is 2.85 bits per heavy atom. The molecular weight excluding hydrogens is 164 g/mol. The van der Waals surface area contributed by atoms with E-state index in [1.54, 1.807) is 13.2 Å². The Morgan fingerprint density at radius 2 is 2.23 bits per heavy atom. The highest BCUT2D eigenvalue weighted by Gasteiger charge is 1.98. The molecule has 0 aliphatic rings. The largest absolute Gasteiger partial charge is 0.496 e. The third kappa shape index (κ3) is 2.60. The molecule has 70 valence electrons. The zero-order valence-electron chi connectivity index (χ0n) is 7.95. The van der Waals surface area contributed by atoms with Crippen LogP contribution in [0.15, 0.2) is 24.3 Å². The summed E-state index contributed by atoms with van der Waals surface area (Å²) in [6.45, 7) is 2.08. The molecule has 0 amide bonds. The maximum Gasteiger partial charge on any atom is 0.126 e. The van der Waals surface area contributed by atoms with Crippen molar-refractivity contribution in [3.63, 3.8) is 0 Å². The average molecular weight is 178 g/mol. The van der Waals surface area contributed by atoms with Crippen LogP contribution < -0.4 is 4.74 Å². The molecule has 0 radical (unpaired) electrons. The Kier molecular flexibility index (Phi) is 3.53. The normalized spacial score (nSPS) is 10.7. The number of aryl methyl sites for hydroxylation is 1. The number of rotatable bonds is 3. The van der Waals surface area contributed by atoms with E-state index in [0.717, 1.165) is 11.3 Å². The van der Waals surface area contributed by atoms with Crippen LogP contribution in [0.2, 0.25) is 0 Å². The first-order chi connectivity index (χ1) is 6.27. The number of hydrogen-bond donors (Lipinski definition) is 1. The lowest BCUT2D eigenvalue weighted by molar-refractivity contribution is 0.343. The Labute approximate surface area is 78.5 Å². The van der Waals surface area contributed by atoms with Crippen molar-refractivity contribution >= 4 is 6.08 Å². The van der Waals surface area contributed by atoms with E-state index >= 15 is 0 Å². The average Bonchev–Trinajstić information content (AvgIpc) is 2.15. The molecule has 0 aliphatic heterocycles. The first-order valence-electron chi connectivity index (χ1n) is 4.20. The number of ether oxygens (including phenoxy) is 1. The van der Waals surface area contributed by atoms with E-state index in [-0.39, 0.29) is 6.61 Å². The second kappa shape index (κ2) is 4.67. The minimum atomic E-state index is 0.0527. The zero-order valence-corrected chi connectivity index (χ0v) is 7.95. The number of hydrogen-bond acceptors (Lipinski definition) is 2. The molecule has 2 nitrogen and oxygen atoms in total. The molecule has 1 N–H and O–H groups in total. The van der Waals surface area contributed by atoms with Crippen LogP contribution in [0.1, 0.15) is 11.1 Å². The molecule has 1 rings (SSSR count). The molecule has 0 saturated carbocycles. The number of benzene rings is 1. The minimum Gasteiger partial charge on any atom is -0.496 e. The lowest BCUT2D eigenvalue weighted by Gasteiger charge is -2.04. The molecule has 0 atom stereocenters. The van der Waals surface area contributed by atoms with E-state index in [1.807, 2.05) is 31.2 Å². The highest BCUT2D eigenvalue weighted by Crippen LogP contribution is 2.20. The lowest BCUT2D eigenvalue weighted by atomic mass is 10.1. The third-order valence-corrected chi connectivity index (χ3v) is 1.79. The molecule has 0 aromatic heterocycles. The van der Waals surface area contributed by atoms with Gasteiger partial charge in [-0.3, -0.25) is 0 Å². The lowest BCUT2D eigenvalue weighted by Crippen LogP contribution is -1.87. The van der Waals surface area contributed by atoms with Gasteiger partial charge in [0.2, 0.25) is 0 Å². The standard InChI is InChI=1S/C11H14O2/c1-9-5-6-11(13-2)10(8-9)4-3-7-12/h3-6,8,12H,7H2,1-2H3/b4-3+. The van der Waals surface area contributed by atoms with Gasteiger partial charge in [0.25, 0.3) is 0 Å². The van der Waals surface area contributed by atoms with Gasteiger partial charge in [0.1, 0.15) is 5.75 Å². The fourth-order valence-electron chi connectivity index (χ4n) is 1.16. The smallest absolute Gasteiger partial charge is 0.126 e. The highest BCUT2D eigenvalue weighted by atomic mass is 16.5. The minimum absolute atomic E-state index is 0.0527. The van der Waals surface area contributed by atoms with Crippen LogP contribution in [0.3, 0.4) is 0 Å². The van der Waals surface area contributed by atoms with Gasteiger partial charge in [-0.2, -0.15) is 0 Å². The first kappa shape index (κ1) is 9.81. The molecule has 0 spiro atoms. The summed E-state index contributed by atoms with van der Waals surface area (Å²) in [7, 11) is 1.64. The van der Waals surface area contributed by atoms with Crippen LogP contribution in [0.4, 0.5) is 0 Å². The Hall–Kier alpha value is -1.28. The highest BCUT2D eigenvalue weighted by molar-refractivity contribution is 5.58. The summed E-state index contributed by atoms with van der Waals surface area (Å²) >= 11 is 0. The summed E-state index contributed by atoms with van der Waals surface area (Å²) in [6.07, 6.45) is 3.54. The van der Waals surface area contributed by atoms with E-state index in [0.29, 0.717) is 0 Å². The van der Waals surface area contributed by atoms with Gasteiger partial charge in [-0.1, -0.05) is 23.8 Å². The van der Waals surface area contributed by atoms with Crippen LogP contribution in [-0.2, 0) is 0 Å². The van der Waals surface area contributed by atoms with Crippen molar-refractivity contribution in [1.82, 2.24) is 0 Å². The SMILES string of the molecule is COc1ccc(C)cc1/C=C/CO. The maximum atomic E-state index is 8.63. The van der Waals surface area contributed by atoms with E-state index in [1.165, 1.54) is 5.56 Å². The second-order valence-corrected chi connectivity index (χ2v) is 2.83. The summed E-state index contributed by atoms with van der Waals surface area (Å²) in [5.41, 5.74) is 2.18. The summed E-state index contributed by atoms with van der Waals surface area (Å²) in [4.78, 5) is 0. The fourth-order valence-corrected chi connectivity index (χ4v) is 1.16. The van der Waals surface area contributed by atoms with Gasteiger partial charge in [-0.05, 0) is 19.1 Å². The molecule has 1 aromatic carbocycles. The molecule has 0 saturated heterocycles. The van der Waals surface area contributed by atoms with E-state index < -0.39 is 0 Å². The molecule has 13 heavy (non-hydrogen) atoms. The molecule has 0 bridgehead atoms. The van der Waals surface area contributed by atoms with E-state index in [9.17, 15) is 0 Å². The van der Waals surface area contributed by atoms with Crippen LogP contribution >= 0.6 is 0 Å². The zero-order chi connectivity index (χ0) is 9.68. The van der Waals surface area contributed by atoms with Crippen molar-refractivity contribution in [2.75, 3.05) is 13.7 Å². The Balaban J connectivity index is 3.01. The summed E-state index contributed by atoms with van der Waals surface area (Å²) in [5.74, 6) is 0.829. The van der Waals surface area contributed by atoms with Crippen molar-refractivity contribution in [2.45, 2.75) is 6.92 Å². The summed E-state index contributed by atoms with van der Waals surface area (Å²) in [5, 5.41) is 8.63. The molecule has 0 unspecified atom stereocenters. The topological polar surface area (TPSA) is 29.5 Å².